The first-order chi connectivity index (χ1) is 20.9. The minimum atomic E-state index is -1.47. The summed E-state index contributed by atoms with van der Waals surface area (Å²) in [5.41, 5.74) is 7.71. The summed E-state index contributed by atoms with van der Waals surface area (Å²) < 4.78 is 3.79. The number of rotatable bonds is 5. The minimum absolute atomic E-state index is 0.233. The summed E-state index contributed by atoms with van der Waals surface area (Å²) in [5, 5.41) is 2.93. The van der Waals surface area contributed by atoms with Gasteiger partial charge in [-0.1, -0.05) is 0 Å². The molecule has 0 amide bonds. The molecule has 8 rings (SSSR count). The zero-order valence-electron chi connectivity index (χ0n) is 25.8. The first kappa shape index (κ1) is 29.9. The summed E-state index contributed by atoms with van der Waals surface area (Å²) >= 11 is -1.47. The van der Waals surface area contributed by atoms with E-state index in [2.05, 4.69) is 53.8 Å². The maximum absolute atomic E-state index is 4.03. The molecule has 6 heteroatoms. The SMILES string of the molecule is c1ccc2c(c1)Nc1ccccc1[As]2[P+]1(C2CCCCC2)P(C2CCCCC2)P(C2CCCCC2)P1C1CCCCC1. The van der Waals surface area contributed by atoms with Gasteiger partial charge in [-0.3, -0.25) is 0 Å². The molecule has 4 aliphatic carbocycles. The third kappa shape index (κ3) is 5.18. The maximum atomic E-state index is 4.03. The van der Waals surface area contributed by atoms with Crippen LogP contribution in [0.25, 0.3) is 0 Å². The Morgan fingerprint density at radius 1 is 0.500 bits per heavy atom. The van der Waals surface area contributed by atoms with Gasteiger partial charge in [0.25, 0.3) is 0 Å². The van der Waals surface area contributed by atoms with Crippen LogP contribution in [0, 0.1) is 0 Å². The number of hydrogen-bond donors (Lipinski definition) is 1. The molecule has 2 atom stereocenters. The molecule has 0 spiro atoms. The van der Waals surface area contributed by atoms with Crippen LogP contribution < -0.4 is 14.0 Å². The number of fused-ring (bicyclic) bond motifs is 2. The van der Waals surface area contributed by atoms with Gasteiger partial charge in [0.2, 0.25) is 0 Å². The average molecular weight is 699 g/mol. The molecule has 2 aliphatic heterocycles. The number of para-hydroxylation sites is 2. The second-order valence-electron chi connectivity index (χ2n) is 14.2. The van der Waals surface area contributed by atoms with E-state index in [9.17, 15) is 0 Å². The topological polar surface area (TPSA) is 12.0 Å². The fourth-order valence-electron chi connectivity index (χ4n) is 9.74. The monoisotopic (exact) mass is 698 g/mol. The third-order valence-electron chi connectivity index (χ3n) is 11.6. The van der Waals surface area contributed by atoms with Crippen molar-refractivity contribution in [2.75, 3.05) is 5.32 Å². The number of anilines is 2. The van der Waals surface area contributed by atoms with Gasteiger partial charge in [0.15, 0.2) is 0 Å². The van der Waals surface area contributed by atoms with Crippen molar-refractivity contribution < 1.29 is 0 Å². The van der Waals surface area contributed by atoms with Crippen LogP contribution >= 0.6 is 27.1 Å². The summed E-state index contributed by atoms with van der Waals surface area (Å²) in [6.45, 7) is 0. The molecule has 1 saturated heterocycles. The zero-order chi connectivity index (χ0) is 27.9. The number of benzene rings is 2. The van der Waals surface area contributed by atoms with Crippen molar-refractivity contribution >= 4 is 61.4 Å². The Kier molecular flexibility index (Phi) is 9.48. The summed E-state index contributed by atoms with van der Waals surface area (Å²) in [7, 11) is 0.757. The fraction of sp³-hybridized carbons (Fsp3) is 0.667. The number of nitrogens with one attached hydrogen (secondary N) is 1. The summed E-state index contributed by atoms with van der Waals surface area (Å²) in [5.74, 6) is 0. The predicted molar refractivity (Wildman–Crippen MR) is 196 cm³/mol. The van der Waals surface area contributed by atoms with E-state index in [-0.39, 0.29) is 14.6 Å². The molecule has 2 aromatic carbocycles. The summed E-state index contributed by atoms with van der Waals surface area (Å²) in [6.07, 6.45) is 31.6. The quantitative estimate of drug-likeness (QED) is 0.242. The van der Waals surface area contributed by atoms with E-state index in [4.69, 9.17) is 0 Å². The van der Waals surface area contributed by atoms with Gasteiger partial charge in [0.1, 0.15) is 0 Å². The van der Waals surface area contributed by atoms with Gasteiger partial charge in [-0.25, -0.2) is 0 Å². The van der Waals surface area contributed by atoms with Crippen LogP contribution in [-0.4, -0.2) is 36.8 Å². The summed E-state index contributed by atoms with van der Waals surface area (Å²) in [6, 6.07) is 19.9. The third-order valence-corrected chi connectivity index (χ3v) is 83.7. The van der Waals surface area contributed by atoms with Crippen LogP contribution in [0.3, 0.4) is 0 Å². The van der Waals surface area contributed by atoms with E-state index < -0.39 is 19.4 Å². The fourth-order valence-corrected chi connectivity index (χ4v) is 124. The Morgan fingerprint density at radius 3 is 1.38 bits per heavy atom. The van der Waals surface area contributed by atoms with Gasteiger partial charge in [0.05, 0.1) is 0 Å². The van der Waals surface area contributed by atoms with Crippen molar-refractivity contribution in [1.82, 2.24) is 0 Å². The van der Waals surface area contributed by atoms with Crippen molar-refractivity contribution in [3.05, 3.63) is 48.5 Å². The van der Waals surface area contributed by atoms with Crippen LogP contribution in [0.4, 0.5) is 11.4 Å². The van der Waals surface area contributed by atoms with Crippen molar-refractivity contribution in [1.29, 1.82) is 0 Å². The molecule has 5 fully saturated rings. The van der Waals surface area contributed by atoms with Gasteiger partial charge < -0.3 is 0 Å². The predicted octanol–water partition coefficient (Wildman–Crippen LogP) is 12.3. The van der Waals surface area contributed by atoms with Crippen LogP contribution in [0.1, 0.15) is 128 Å². The Hall–Kier alpha value is 0.518. The molecule has 0 aromatic heterocycles. The molecule has 0 radical (unpaired) electrons. The van der Waals surface area contributed by atoms with Crippen molar-refractivity contribution in [2.24, 2.45) is 0 Å². The Bertz CT molecular complexity index is 1140. The van der Waals surface area contributed by atoms with Crippen molar-refractivity contribution in [2.45, 2.75) is 151 Å². The zero-order valence-corrected chi connectivity index (χ0v) is 31.3. The van der Waals surface area contributed by atoms with E-state index in [0.29, 0.717) is 7.30 Å². The van der Waals surface area contributed by atoms with Gasteiger partial charge in [-0.2, -0.15) is 0 Å². The van der Waals surface area contributed by atoms with Crippen LogP contribution in [-0.2, 0) is 0 Å². The van der Waals surface area contributed by atoms with E-state index in [1.54, 1.807) is 103 Å². The molecule has 1 nitrogen and oxygen atoms in total. The van der Waals surface area contributed by atoms with E-state index in [1.807, 2.05) is 8.70 Å². The normalized spacial score (nSPS) is 33.8. The molecular formula is C36H53AsNP4+. The Balaban J connectivity index is 1.37. The molecule has 42 heavy (non-hydrogen) atoms. The molecule has 6 aliphatic rings. The van der Waals surface area contributed by atoms with Gasteiger partial charge in [0, 0.05) is 0 Å². The van der Waals surface area contributed by atoms with E-state index in [1.165, 1.54) is 42.7 Å². The van der Waals surface area contributed by atoms with Crippen molar-refractivity contribution in [3.63, 3.8) is 0 Å². The average Bonchev–Trinajstić information content (AvgIpc) is 3.06. The van der Waals surface area contributed by atoms with E-state index in [0.717, 1.165) is 17.0 Å². The van der Waals surface area contributed by atoms with Crippen LogP contribution in [0.2, 0.25) is 0 Å². The molecule has 1 N–H and O–H groups in total. The molecule has 4 saturated carbocycles. The van der Waals surface area contributed by atoms with Gasteiger partial charge in [-0.05, 0) is 0 Å². The van der Waals surface area contributed by atoms with Gasteiger partial charge >= 0.3 is 266 Å². The second-order valence-corrected chi connectivity index (χ2v) is 49.1. The standard InChI is InChI=1S/C36H53AsNP4/c1-5-17-29(18-6-1)39-40(30-19-7-2-8-20-30)42(32-23-11-4-12-24-32,41(39)31-21-9-3-10-22-31)37-33-25-13-15-27-35(33)38-36-28-16-14-26-34(36)37/h13-16,25-32,38H,1-12,17-24H2/q+1. The Labute approximate surface area is 265 Å². The van der Waals surface area contributed by atoms with Crippen LogP contribution in [0.15, 0.2) is 48.5 Å². The molecule has 2 unspecified atom stereocenters. The summed E-state index contributed by atoms with van der Waals surface area (Å²) in [4.78, 5) is 0. The van der Waals surface area contributed by atoms with Gasteiger partial charge in [-0.15, -0.1) is 0 Å². The second kappa shape index (κ2) is 13.3. The molecule has 2 aromatic rings. The molecular weight excluding hydrogens is 645 g/mol. The first-order valence-corrected chi connectivity index (χ1v) is 31.2. The first-order valence-electron chi connectivity index (χ1n) is 17.9. The Morgan fingerprint density at radius 2 is 0.905 bits per heavy atom. The molecule has 226 valence electrons. The van der Waals surface area contributed by atoms with Crippen molar-refractivity contribution in [3.8, 4) is 0 Å². The van der Waals surface area contributed by atoms with Crippen LogP contribution in [0.5, 0.6) is 0 Å². The number of hydrogen-bond acceptors (Lipinski definition) is 1. The molecule has 0 bridgehead atoms. The molecule has 2 heterocycles. The van der Waals surface area contributed by atoms with E-state index >= 15 is 0 Å².